The quantitative estimate of drug-likeness (QED) is 0.241. The molecule has 1 aliphatic carbocycles. The Balaban J connectivity index is 1.35. The summed E-state index contributed by atoms with van der Waals surface area (Å²) in [5, 5.41) is 0. The third-order valence-corrected chi connectivity index (χ3v) is 7.83. The van der Waals surface area contributed by atoms with E-state index in [9.17, 15) is 13.2 Å². The molecule has 0 saturated heterocycles. The molecule has 196 valence electrons. The van der Waals surface area contributed by atoms with Gasteiger partial charge in [-0.15, -0.1) is 0 Å². The monoisotopic (exact) mass is 504 g/mol. The van der Waals surface area contributed by atoms with E-state index in [2.05, 4.69) is 19.9 Å². The van der Waals surface area contributed by atoms with Crippen LogP contribution in [0.4, 0.5) is 13.2 Å². The Kier molecular flexibility index (Phi) is 9.66. The van der Waals surface area contributed by atoms with Crippen molar-refractivity contribution in [3.63, 3.8) is 0 Å². The van der Waals surface area contributed by atoms with Crippen LogP contribution in [0.2, 0.25) is 0 Å². The van der Waals surface area contributed by atoms with Gasteiger partial charge in [-0.3, -0.25) is 0 Å². The van der Waals surface area contributed by atoms with Gasteiger partial charge in [-0.2, -0.15) is 0 Å². The number of hydrogen-bond donors (Lipinski definition) is 0. The van der Waals surface area contributed by atoms with Gasteiger partial charge in [-0.25, -0.2) is 13.2 Å². The first-order valence-electron chi connectivity index (χ1n) is 14.0. The highest BCUT2D eigenvalue weighted by atomic mass is 19.2. The first kappa shape index (κ1) is 27.2. The van der Waals surface area contributed by atoms with Crippen LogP contribution < -0.4 is 0 Å². The van der Waals surface area contributed by atoms with E-state index in [1.165, 1.54) is 5.56 Å². The normalized spacial score (nSPS) is 18.0. The standard InChI is InChI=1S/C34H39F3/c1-3-5-6-8-28-19-20-30(23-32(28)35)26-14-9-25(10-15-26)13-18-29-21-22-31(34(37)33(29)36)27-16-11-24(7-4-2)12-17-27/h11-13,16-23,25-26H,3-10,14-15H2,1-2H3/b18-13+. The molecule has 1 fully saturated rings. The second kappa shape index (κ2) is 13.1. The summed E-state index contributed by atoms with van der Waals surface area (Å²) in [6.07, 6.45) is 13.8. The number of hydrogen-bond acceptors (Lipinski definition) is 0. The highest BCUT2D eigenvalue weighted by Gasteiger charge is 2.22. The predicted molar refractivity (Wildman–Crippen MR) is 149 cm³/mol. The molecule has 0 heterocycles. The van der Waals surface area contributed by atoms with Gasteiger partial charge in [0.05, 0.1) is 0 Å². The summed E-state index contributed by atoms with van der Waals surface area (Å²) in [5.74, 6) is -0.985. The van der Waals surface area contributed by atoms with Crippen LogP contribution in [-0.4, -0.2) is 0 Å². The van der Waals surface area contributed by atoms with E-state index in [-0.39, 0.29) is 11.4 Å². The average Bonchev–Trinajstić information content (AvgIpc) is 2.92. The molecule has 0 radical (unpaired) electrons. The van der Waals surface area contributed by atoms with Crippen LogP contribution in [0.1, 0.15) is 93.4 Å². The molecule has 0 N–H and O–H groups in total. The lowest BCUT2D eigenvalue weighted by Crippen LogP contribution is -2.12. The van der Waals surface area contributed by atoms with E-state index in [0.29, 0.717) is 23.0 Å². The number of unbranched alkanes of at least 4 members (excludes halogenated alkanes) is 2. The number of halogens is 3. The molecule has 0 spiro atoms. The Hall–Kier alpha value is -2.81. The van der Waals surface area contributed by atoms with Crippen molar-refractivity contribution in [3.05, 3.63) is 100 Å². The van der Waals surface area contributed by atoms with Crippen molar-refractivity contribution in [2.75, 3.05) is 0 Å². The number of allylic oxidation sites excluding steroid dienone is 1. The Morgan fingerprint density at radius 2 is 1.51 bits per heavy atom. The molecule has 0 aromatic heterocycles. The van der Waals surface area contributed by atoms with E-state index < -0.39 is 11.6 Å². The fourth-order valence-electron chi connectivity index (χ4n) is 5.53. The topological polar surface area (TPSA) is 0 Å². The maximum absolute atomic E-state index is 14.9. The maximum atomic E-state index is 14.9. The average molecular weight is 505 g/mol. The molecule has 3 aromatic carbocycles. The summed E-state index contributed by atoms with van der Waals surface area (Å²) in [7, 11) is 0. The van der Waals surface area contributed by atoms with Crippen molar-refractivity contribution in [3.8, 4) is 11.1 Å². The summed E-state index contributed by atoms with van der Waals surface area (Å²) in [4.78, 5) is 0. The molecular formula is C34H39F3. The molecular weight excluding hydrogens is 465 g/mol. The van der Waals surface area contributed by atoms with Crippen molar-refractivity contribution in [1.82, 2.24) is 0 Å². The van der Waals surface area contributed by atoms with Gasteiger partial charge >= 0.3 is 0 Å². The van der Waals surface area contributed by atoms with Crippen LogP contribution in [0.5, 0.6) is 0 Å². The molecule has 1 aliphatic rings. The lowest BCUT2D eigenvalue weighted by Gasteiger charge is -2.27. The molecule has 0 aliphatic heterocycles. The predicted octanol–water partition coefficient (Wildman–Crippen LogP) is 10.4. The van der Waals surface area contributed by atoms with Crippen molar-refractivity contribution in [2.24, 2.45) is 5.92 Å². The molecule has 3 aromatic rings. The minimum Gasteiger partial charge on any atom is -0.207 e. The summed E-state index contributed by atoms with van der Waals surface area (Å²) in [6.45, 7) is 4.28. The molecule has 37 heavy (non-hydrogen) atoms. The molecule has 3 heteroatoms. The van der Waals surface area contributed by atoms with Crippen molar-refractivity contribution >= 4 is 6.08 Å². The minimum atomic E-state index is -0.797. The van der Waals surface area contributed by atoms with E-state index in [1.807, 2.05) is 36.4 Å². The van der Waals surface area contributed by atoms with Crippen molar-refractivity contribution < 1.29 is 13.2 Å². The zero-order valence-electron chi connectivity index (χ0n) is 22.2. The van der Waals surface area contributed by atoms with Gasteiger partial charge in [0, 0.05) is 11.1 Å². The zero-order valence-corrected chi connectivity index (χ0v) is 22.2. The zero-order chi connectivity index (χ0) is 26.2. The van der Waals surface area contributed by atoms with Gasteiger partial charge in [-0.05, 0) is 85.1 Å². The third kappa shape index (κ3) is 6.94. The lowest BCUT2D eigenvalue weighted by atomic mass is 9.78. The molecule has 0 unspecified atom stereocenters. The van der Waals surface area contributed by atoms with Crippen LogP contribution in [0, 0.1) is 23.4 Å². The van der Waals surface area contributed by atoms with Crippen LogP contribution in [0.15, 0.2) is 60.7 Å². The number of aryl methyl sites for hydroxylation is 2. The Bertz CT molecular complexity index is 1180. The van der Waals surface area contributed by atoms with Gasteiger partial charge in [-0.1, -0.05) is 93.8 Å². The fourth-order valence-corrected chi connectivity index (χ4v) is 5.53. The molecule has 0 bridgehead atoms. The summed E-state index contributed by atoms with van der Waals surface area (Å²) < 4.78 is 44.4. The Morgan fingerprint density at radius 3 is 2.19 bits per heavy atom. The molecule has 4 rings (SSSR count). The number of benzene rings is 3. The largest absolute Gasteiger partial charge is 0.207 e. The van der Waals surface area contributed by atoms with E-state index in [1.54, 1.807) is 24.3 Å². The maximum Gasteiger partial charge on any atom is 0.167 e. The van der Waals surface area contributed by atoms with Crippen LogP contribution in [0.3, 0.4) is 0 Å². The smallest absolute Gasteiger partial charge is 0.167 e. The van der Waals surface area contributed by atoms with E-state index >= 15 is 0 Å². The van der Waals surface area contributed by atoms with Gasteiger partial charge in [0.15, 0.2) is 11.6 Å². The third-order valence-electron chi connectivity index (χ3n) is 7.83. The first-order chi connectivity index (χ1) is 18.0. The van der Waals surface area contributed by atoms with E-state index in [4.69, 9.17) is 0 Å². The van der Waals surface area contributed by atoms with Crippen LogP contribution in [-0.2, 0) is 12.8 Å². The second-order valence-electron chi connectivity index (χ2n) is 10.6. The Morgan fingerprint density at radius 1 is 0.757 bits per heavy atom. The summed E-state index contributed by atoms with van der Waals surface area (Å²) >= 11 is 0. The fraction of sp³-hybridized carbons (Fsp3) is 0.412. The number of rotatable bonds is 10. The van der Waals surface area contributed by atoms with Gasteiger partial charge < -0.3 is 0 Å². The van der Waals surface area contributed by atoms with Crippen molar-refractivity contribution in [1.29, 1.82) is 0 Å². The van der Waals surface area contributed by atoms with Crippen LogP contribution in [0.25, 0.3) is 17.2 Å². The highest BCUT2D eigenvalue weighted by Crippen LogP contribution is 2.37. The Labute approximate surface area is 220 Å². The highest BCUT2D eigenvalue weighted by molar-refractivity contribution is 5.67. The van der Waals surface area contributed by atoms with Gasteiger partial charge in [0.1, 0.15) is 5.82 Å². The van der Waals surface area contributed by atoms with Crippen molar-refractivity contribution in [2.45, 2.75) is 84.0 Å². The second-order valence-corrected chi connectivity index (χ2v) is 10.6. The molecule has 0 nitrogen and oxygen atoms in total. The van der Waals surface area contributed by atoms with Gasteiger partial charge in [0.2, 0.25) is 0 Å². The lowest BCUT2D eigenvalue weighted by molar-refractivity contribution is 0.376. The molecule has 0 amide bonds. The van der Waals surface area contributed by atoms with Gasteiger partial charge in [0.25, 0.3) is 0 Å². The summed E-state index contributed by atoms with van der Waals surface area (Å²) in [5.41, 5.74) is 4.38. The first-order valence-corrected chi connectivity index (χ1v) is 14.0. The molecule has 0 atom stereocenters. The molecule has 1 saturated carbocycles. The summed E-state index contributed by atoms with van der Waals surface area (Å²) in [6, 6.07) is 16.8. The van der Waals surface area contributed by atoms with E-state index in [0.717, 1.165) is 75.3 Å². The minimum absolute atomic E-state index is 0.0755. The van der Waals surface area contributed by atoms with Crippen LogP contribution >= 0.6 is 0 Å². The SMILES string of the molecule is CCCCCc1ccc(C2CCC(/C=C/c3ccc(-c4ccc(CCC)cc4)c(F)c3F)CC2)cc1F.